The van der Waals surface area contributed by atoms with Crippen LogP contribution in [-0.2, 0) is 52.5 Å². The van der Waals surface area contributed by atoms with Gasteiger partial charge in [0.1, 0.15) is 11.5 Å². The Morgan fingerprint density at radius 2 is 0.795 bits per heavy atom. The predicted molar refractivity (Wildman–Crippen MR) is 305 cm³/mol. The van der Waals surface area contributed by atoms with Gasteiger partial charge in [0, 0.05) is 45.5 Å². The first-order valence-corrected chi connectivity index (χ1v) is 27.4. The summed E-state index contributed by atoms with van der Waals surface area (Å²) in [6.07, 6.45) is 12.9. The second-order valence-electron chi connectivity index (χ2n) is 20.3. The van der Waals surface area contributed by atoms with Crippen molar-refractivity contribution >= 4 is 41.8 Å². The second-order valence-corrected chi connectivity index (χ2v) is 20.3. The van der Waals surface area contributed by atoms with Crippen molar-refractivity contribution in [3.8, 4) is 59.4 Å². The predicted octanol–water partition coefficient (Wildman–Crippen LogP) is 10.7. The van der Waals surface area contributed by atoms with Crippen LogP contribution < -0.4 is 9.47 Å². The highest BCUT2D eigenvalue weighted by Gasteiger charge is 2.39. The Labute approximate surface area is 482 Å². The van der Waals surface area contributed by atoms with E-state index in [0.29, 0.717) is 88.4 Å². The third-order valence-electron chi connectivity index (χ3n) is 14.8. The van der Waals surface area contributed by atoms with E-state index in [1.54, 1.807) is 24.3 Å². The van der Waals surface area contributed by atoms with Gasteiger partial charge in [-0.1, -0.05) is 60.8 Å². The summed E-state index contributed by atoms with van der Waals surface area (Å²) in [5, 5.41) is 0. The minimum absolute atomic E-state index is 0.0927. The van der Waals surface area contributed by atoms with Gasteiger partial charge in [0.25, 0.3) is 0 Å². The molecule has 5 aromatic rings. The SMILES string of the molecule is C#Cc1ccc(C#Cc2ccc(C#Cc3ccc(C#CC4(OC(=O)c5ccc(OC(=O)C6CCC(C(=O)OCOC(=O)C=C)CC6)cc5)CCC(c5ccc(OC(=O)C6CCC(C(=O)OCOC(=O)C=C)CC6)cc5)CC4)cc3)cc2)cc1. The number of ether oxygens (including phenoxy) is 7. The van der Waals surface area contributed by atoms with Crippen molar-refractivity contribution in [3.63, 3.8) is 0 Å². The molecule has 0 bridgehead atoms. The highest BCUT2D eigenvalue weighted by Crippen LogP contribution is 2.41. The van der Waals surface area contributed by atoms with Crippen LogP contribution in [0, 0.1) is 71.5 Å². The van der Waals surface area contributed by atoms with Crippen LogP contribution in [0.3, 0.4) is 0 Å². The lowest BCUT2D eigenvalue weighted by atomic mass is 9.76. The molecular formula is C69H60O14. The van der Waals surface area contributed by atoms with Crippen molar-refractivity contribution < 1.29 is 66.7 Å². The highest BCUT2D eigenvalue weighted by atomic mass is 16.7. The van der Waals surface area contributed by atoms with E-state index in [0.717, 1.165) is 45.5 Å². The van der Waals surface area contributed by atoms with Gasteiger partial charge in [-0.15, -0.1) is 6.42 Å². The van der Waals surface area contributed by atoms with Crippen LogP contribution in [0.25, 0.3) is 0 Å². The average Bonchev–Trinajstić information content (AvgIpc) is 3.72. The fourth-order valence-corrected chi connectivity index (χ4v) is 9.95. The molecule has 0 amide bonds. The molecular weight excluding hydrogens is 1050 g/mol. The van der Waals surface area contributed by atoms with E-state index in [9.17, 15) is 33.6 Å². The van der Waals surface area contributed by atoms with E-state index in [4.69, 9.17) is 39.6 Å². The summed E-state index contributed by atoms with van der Waals surface area (Å²) in [6, 6.07) is 36.3. The van der Waals surface area contributed by atoms with E-state index in [1.807, 2.05) is 84.9 Å². The van der Waals surface area contributed by atoms with Gasteiger partial charge in [-0.2, -0.15) is 0 Å². The summed E-state index contributed by atoms with van der Waals surface area (Å²) in [7, 11) is 0. The topological polar surface area (TPSA) is 184 Å². The first-order valence-electron chi connectivity index (χ1n) is 27.4. The Morgan fingerprint density at radius 1 is 0.446 bits per heavy atom. The van der Waals surface area contributed by atoms with Gasteiger partial charge in [0.15, 0.2) is 5.60 Å². The number of hydrogen-bond donors (Lipinski definition) is 0. The summed E-state index contributed by atoms with van der Waals surface area (Å²) < 4.78 is 37.4. The molecule has 3 aliphatic carbocycles. The molecule has 83 heavy (non-hydrogen) atoms. The maximum atomic E-state index is 14.0. The van der Waals surface area contributed by atoms with E-state index in [1.165, 1.54) is 12.1 Å². The van der Waals surface area contributed by atoms with Gasteiger partial charge in [-0.05, 0) is 204 Å². The van der Waals surface area contributed by atoms with Gasteiger partial charge in [-0.3, -0.25) is 19.2 Å². The Hall–Kier alpha value is -9.89. The molecule has 0 aliphatic heterocycles. The van der Waals surface area contributed by atoms with Crippen LogP contribution in [0.2, 0.25) is 0 Å². The maximum Gasteiger partial charge on any atom is 0.339 e. The summed E-state index contributed by atoms with van der Waals surface area (Å²) in [5.41, 5.74) is 4.98. The first kappa shape index (κ1) is 59.2. The Morgan fingerprint density at radius 3 is 1.17 bits per heavy atom. The van der Waals surface area contributed by atoms with Crippen molar-refractivity contribution in [3.05, 3.63) is 191 Å². The van der Waals surface area contributed by atoms with Crippen molar-refractivity contribution in [2.75, 3.05) is 13.6 Å². The highest BCUT2D eigenvalue weighted by molar-refractivity contribution is 5.90. The largest absolute Gasteiger partial charge is 0.442 e. The van der Waals surface area contributed by atoms with Crippen LogP contribution in [0.1, 0.15) is 132 Å². The van der Waals surface area contributed by atoms with E-state index in [2.05, 4.69) is 54.6 Å². The fourth-order valence-electron chi connectivity index (χ4n) is 9.95. The Bertz CT molecular complexity index is 3420. The standard InChI is InChI=1S/C69H60O14/c1-4-47-7-9-48(10-8-47)11-12-49-13-15-50(16-14-49)17-18-51-19-21-52(22-20-51)39-42-69(83-68(76)59-33-37-61(38-34-59)82-67(75)58-29-25-56(26-30-58)65(73)80-46-78-63(71)6-3)43-40-54(41-44-69)53-31-35-60(36-32-53)81-66(74)57-27-23-55(24-28-57)64(72)79-45-77-62(70)5-2/h1,5-10,13-16,19-22,31-38,54-58H,2-3,23-30,40-41,43-46H2. The molecule has 0 saturated heterocycles. The summed E-state index contributed by atoms with van der Waals surface area (Å²) in [6.45, 7) is 5.61. The fraction of sp³-hybridized carbons (Fsp3) is 0.290. The van der Waals surface area contributed by atoms with Gasteiger partial charge in [0.2, 0.25) is 13.6 Å². The monoisotopic (exact) mass is 1110 g/mol. The molecule has 5 aromatic carbocycles. The quantitative estimate of drug-likeness (QED) is 0.0241. The summed E-state index contributed by atoms with van der Waals surface area (Å²) >= 11 is 0. The smallest absolute Gasteiger partial charge is 0.339 e. The molecule has 0 N–H and O–H groups in total. The van der Waals surface area contributed by atoms with Crippen LogP contribution in [0.5, 0.6) is 11.5 Å². The molecule has 3 fully saturated rings. The zero-order valence-electron chi connectivity index (χ0n) is 45.7. The summed E-state index contributed by atoms with van der Waals surface area (Å²) in [5.74, 6) is 17.3. The van der Waals surface area contributed by atoms with Crippen LogP contribution in [0.15, 0.2) is 147 Å². The molecule has 0 atom stereocenters. The molecule has 14 heteroatoms. The van der Waals surface area contributed by atoms with Gasteiger partial charge in [-0.25, -0.2) is 14.4 Å². The average molecular weight is 1110 g/mol. The number of esters is 7. The zero-order valence-corrected chi connectivity index (χ0v) is 45.7. The van der Waals surface area contributed by atoms with Crippen LogP contribution in [0.4, 0.5) is 0 Å². The van der Waals surface area contributed by atoms with E-state index >= 15 is 0 Å². The van der Waals surface area contributed by atoms with Crippen molar-refractivity contribution in [1.29, 1.82) is 0 Å². The number of carbonyl (C=O) groups is 7. The van der Waals surface area contributed by atoms with Crippen molar-refractivity contribution in [1.82, 2.24) is 0 Å². The molecule has 14 nitrogen and oxygen atoms in total. The minimum Gasteiger partial charge on any atom is -0.442 e. The summed E-state index contributed by atoms with van der Waals surface area (Å²) in [4.78, 5) is 87.8. The Balaban J connectivity index is 0.885. The van der Waals surface area contributed by atoms with Crippen molar-refractivity contribution in [2.45, 2.75) is 88.6 Å². The van der Waals surface area contributed by atoms with Crippen molar-refractivity contribution in [2.24, 2.45) is 23.7 Å². The number of terminal acetylenes is 1. The van der Waals surface area contributed by atoms with Gasteiger partial charge < -0.3 is 33.2 Å². The lowest BCUT2D eigenvalue weighted by molar-refractivity contribution is -0.170. The molecule has 3 aliphatic rings. The third kappa shape index (κ3) is 17.3. The van der Waals surface area contributed by atoms with Crippen LogP contribution >= 0.6 is 0 Å². The van der Waals surface area contributed by atoms with E-state index < -0.39 is 72.8 Å². The van der Waals surface area contributed by atoms with E-state index in [-0.39, 0.29) is 29.1 Å². The molecule has 0 spiro atoms. The maximum absolute atomic E-state index is 14.0. The molecule has 8 rings (SSSR count). The molecule has 3 saturated carbocycles. The number of rotatable bonds is 15. The number of carbonyl (C=O) groups excluding carboxylic acids is 7. The molecule has 0 unspecified atom stereocenters. The normalized spacial score (nSPS) is 19.6. The van der Waals surface area contributed by atoms with Gasteiger partial charge >= 0.3 is 41.8 Å². The molecule has 0 radical (unpaired) electrons. The Kier molecular flexibility index (Phi) is 20.7. The third-order valence-corrected chi connectivity index (χ3v) is 14.8. The number of benzene rings is 5. The zero-order chi connectivity index (χ0) is 58.6. The van der Waals surface area contributed by atoms with Gasteiger partial charge in [0.05, 0.1) is 29.2 Å². The minimum atomic E-state index is -1.15. The first-order chi connectivity index (χ1) is 40.3. The molecule has 420 valence electrons. The second kappa shape index (κ2) is 29.0. The molecule has 0 heterocycles. The van der Waals surface area contributed by atoms with Crippen LogP contribution in [-0.4, -0.2) is 61.0 Å². The lowest BCUT2D eigenvalue weighted by Crippen LogP contribution is -2.37. The molecule has 0 aromatic heterocycles. The lowest BCUT2D eigenvalue weighted by Gasteiger charge is -2.36. The number of hydrogen-bond acceptors (Lipinski definition) is 14.